The van der Waals surface area contributed by atoms with Crippen LogP contribution in [0.15, 0.2) is 53.6 Å². The van der Waals surface area contributed by atoms with E-state index in [1.807, 2.05) is 43.3 Å². The van der Waals surface area contributed by atoms with Gasteiger partial charge in [0, 0.05) is 43.7 Å². The summed E-state index contributed by atoms with van der Waals surface area (Å²) in [5.74, 6) is 2.01. The van der Waals surface area contributed by atoms with E-state index in [0.717, 1.165) is 37.6 Å². The first-order chi connectivity index (χ1) is 16.5. The lowest BCUT2D eigenvalue weighted by molar-refractivity contribution is 0.312. The quantitative estimate of drug-likeness (QED) is 0.467. The number of nitrogens with zero attached hydrogens (tertiary/aromatic N) is 4. The average molecular weight is 501 g/mol. The molecular weight excluding hydrogens is 472 g/mol. The van der Waals surface area contributed by atoms with Gasteiger partial charge >= 0.3 is 0 Å². The van der Waals surface area contributed by atoms with Crippen LogP contribution in [0.25, 0.3) is 0 Å². The maximum atomic E-state index is 12.4. The minimum Gasteiger partial charge on any atom is -0.494 e. The lowest BCUT2D eigenvalue weighted by Crippen LogP contribution is -2.44. The Hall–Kier alpha value is -2.88. The van der Waals surface area contributed by atoms with Crippen molar-refractivity contribution in [1.82, 2.24) is 14.9 Å². The highest BCUT2D eigenvalue weighted by Gasteiger charge is 2.17. The van der Waals surface area contributed by atoms with Crippen molar-refractivity contribution in [3.8, 4) is 5.75 Å². The molecule has 8 nitrogen and oxygen atoms in total. The number of piperazine rings is 1. The van der Waals surface area contributed by atoms with Crippen LogP contribution in [0, 0.1) is 0 Å². The van der Waals surface area contributed by atoms with Gasteiger partial charge in [-0.2, -0.15) is 4.98 Å². The minimum absolute atomic E-state index is 0.361. The summed E-state index contributed by atoms with van der Waals surface area (Å²) in [6.45, 7) is 5.91. The van der Waals surface area contributed by atoms with Crippen molar-refractivity contribution in [3.05, 3.63) is 53.7 Å². The number of aromatic nitrogens is 2. The van der Waals surface area contributed by atoms with E-state index in [-0.39, 0.29) is 0 Å². The van der Waals surface area contributed by atoms with Crippen molar-refractivity contribution in [3.63, 3.8) is 0 Å². The third kappa shape index (κ3) is 5.60. The molecule has 180 valence electrons. The number of benzene rings is 2. The number of halogens is 1. The predicted octanol–water partition coefficient (Wildman–Crippen LogP) is 4.51. The molecule has 2 aromatic carbocycles. The first-order valence-electron chi connectivity index (χ1n) is 11.1. The van der Waals surface area contributed by atoms with E-state index >= 15 is 0 Å². The zero-order valence-corrected chi connectivity index (χ0v) is 21.1. The van der Waals surface area contributed by atoms with E-state index in [0.29, 0.717) is 38.9 Å². The molecule has 0 spiro atoms. The number of hydrogen-bond donors (Lipinski definition) is 2. The van der Waals surface area contributed by atoms with Gasteiger partial charge in [-0.25, -0.2) is 4.98 Å². The van der Waals surface area contributed by atoms with Crippen molar-refractivity contribution in [1.29, 1.82) is 0 Å². The summed E-state index contributed by atoms with van der Waals surface area (Å²) in [4.78, 5) is 14.3. The van der Waals surface area contributed by atoms with E-state index in [1.165, 1.54) is 6.20 Å². The molecule has 3 aromatic rings. The Bertz CT molecular complexity index is 1170. The summed E-state index contributed by atoms with van der Waals surface area (Å²) in [5.41, 5.74) is 2.57. The Morgan fingerprint density at radius 2 is 1.85 bits per heavy atom. The molecule has 1 unspecified atom stereocenters. The summed E-state index contributed by atoms with van der Waals surface area (Å²) in [6.07, 6.45) is 1.53. The molecule has 1 fully saturated rings. The number of rotatable bonds is 8. The topological polar surface area (TPSA) is 82.6 Å². The van der Waals surface area contributed by atoms with Crippen LogP contribution in [-0.4, -0.2) is 65.2 Å². The molecular formula is C24H29ClN6O2S. The number of methoxy groups -OCH3 is 1. The van der Waals surface area contributed by atoms with Gasteiger partial charge in [-0.05, 0) is 31.3 Å². The standard InChI is InChI=1S/C24H29ClN6O2S/c1-4-34(32)22-8-6-5-7-20(22)27-23-18(25)16-26-24(29-23)28-19-10-9-17(15-21(19)33-3)31-13-11-30(2)12-14-31/h5-10,15-16H,4,11-14H2,1-3H3,(H2,26,27,28,29). The Morgan fingerprint density at radius 3 is 2.59 bits per heavy atom. The molecule has 0 radical (unpaired) electrons. The Labute approximate surface area is 207 Å². The molecule has 1 atom stereocenters. The second kappa shape index (κ2) is 11.0. The molecule has 1 aliphatic heterocycles. The fourth-order valence-corrected chi connectivity index (χ4v) is 4.78. The van der Waals surface area contributed by atoms with Crippen LogP contribution in [0.5, 0.6) is 5.75 Å². The molecule has 1 aromatic heterocycles. The highest BCUT2D eigenvalue weighted by Crippen LogP contribution is 2.33. The van der Waals surface area contributed by atoms with Gasteiger partial charge in [0.1, 0.15) is 10.8 Å². The lowest BCUT2D eigenvalue weighted by Gasteiger charge is -2.34. The number of para-hydroxylation sites is 1. The maximum absolute atomic E-state index is 12.4. The normalized spacial score (nSPS) is 15.1. The number of anilines is 5. The molecule has 4 rings (SSSR count). The molecule has 0 saturated carbocycles. The summed E-state index contributed by atoms with van der Waals surface area (Å²) in [5, 5.41) is 6.80. The Kier molecular flexibility index (Phi) is 7.87. The van der Waals surface area contributed by atoms with E-state index in [9.17, 15) is 4.21 Å². The summed E-state index contributed by atoms with van der Waals surface area (Å²) >= 11 is 6.37. The van der Waals surface area contributed by atoms with Crippen LogP contribution >= 0.6 is 11.6 Å². The second-order valence-corrected chi connectivity index (χ2v) is 10.1. The molecule has 0 aliphatic carbocycles. The zero-order chi connectivity index (χ0) is 24.1. The van der Waals surface area contributed by atoms with Crippen molar-refractivity contribution in [2.24, 2.45) is 0 Å². The molecule has 0 amide bonds. The van der Waals surface area contributed by atoms with Gasteiger partial charge in [-0.3, -0.25) is 4.21 Å². The molecule has 1 aliphatic rings. The van der Waals surface area contributed by atoms with Crippen molar-refractivity contribution < 1.29 is 8.95 Å². The summed E-state index contributed by atoms with van der Waals surface area (Å²) in [6, 6.07) is 13.5. The van der Waals surface area contributed by atoms with Gasteiger partial charge in [0.15, 0.2) is 5.82 Å². The highest BCUT2D eigenvalue weighted by atomic mass is 35.5. The van der Waals surface area contributed by atoms with E-state index in [2.05, 4.69) is 43.5 Å². The first kappa shape index (κ1) is 24.3. The molecule has 34 heavy (non-hydrogen) atoms. The van der Waals surface area contributed by atoms with Crippen LogP contribution in [-0.2, 0) is 10.8 Å². The molecule has 2 heterocycles. The summed E-state index contributed by atoms with van der Waals surface area (Å²) < 4.78 is 18.1. The average Bonchev–Trinajstić information content (AvgIpc) is 2.86. The van der Waals surface area contributed by atoms with Crippen molar-refractivity contribution in [2.75, 3.05) is 61.6 Å². The van der Waals surface area contributed by atoms with Crippen LogP contribution in [0.3, 0.4) is 0 Å². The van der Waals surface area contributed by atoms with Gasteiger partial charge in [0.05, 0.1) is 40.4 Å². The third-order valence-electron chi connectivity index (χ3n) is 5.69. The van der Waals surface area contributed by atoms with Gasteiger partial charge in [-0.15, -0.1) is 0 Å². The summed E-state index contributed by atoms with van der Waals surface area (Å²) in [7, 11) is 2.67. The minimum atomic E-state index is -1.12. The van der Waals surface area contributed by atoms with Crippen LogP contribution in [0.1, 0.15) is 6.92 Å². The highest BCUT2D eigenvalue weighted by molar-refractivity contribution is 7.85. The number of nitrogens with one attached hydrogen (secondary N) is 2. The number of ether oxygens (including phenoxy) is 1. The molecule has 2 N–H and O–H groups in total. The first-order valence-corrected chi connectivity index (χ1v) is 12.8. The second-order valence-electron chi connectivity index (χ2n) is 7.95. The number of likely N-dealkylation sites (N-methyl/N-ethyl adjacent to an activating group) is 1. The molecule has 0 bridgehead atoms. The van der Waals surface area contributed by atoms with Gasteiger partial charge in [-0.1, -0.05) is 30.7 Å². The van der Waals surface area contributed by atoms with Crippen molar-refractivity contribution in [2.45, 2.75) is 11.8 Å². The van der Waals surface area contributed by atoms with E-state index in [1.54, 1.807) is 7.11 Å². The maximum Gasteiger partial charge on any atom is 0.229 e. The monoisotopic (exact) mass is 500 g/mol. The SMILES string of the molecule is CCS(=O)c1ccccc1Nc1nc(Nc2ccc(N3CCN(C)CC3)cc2OC)ncc1Cl. The smallest absolute Gasteiger partial charge is 0.229 e. The largest absolute Gasteiger partial charge is 0.494 e. The Morgan fingerprint density at radius 1 is 1.09 bits per heavy atom. The zero-order valence-electron chi connectivity index (χ0n) is 19.5. The molecule has 1 saturated heterocycles. The van der Waals surface area contributed by atoms with E-state index in [4.69, 9.17) is 16.3 Å². The predicted molar refractivity (Wildman–Crippen MR) is 140 cm³/mol. The van der Waals surface area contributed by atoms with Gasteiger partial charge < -0.3 is 25.2 Å². The lowest BCUT2D eigenvalue weighted by atomic mass is 10.2. The fraction of sp³-hybridized carbons (Fsp3) is 0.333. The number of hydrogen-bond acceptors (Lipinski definition) is 8. The van der Waals surface area contributed by atoms with Crippen LogP contribution < -0.4 is 20.3 Å². The van der Waals surface area contributed by atoms with E-state index < -0.39 is 10.8 Å². The fourth-order valence-electron chi connectivity index (χ4n) is 3.73. The van der Waals surface area contributed by atoms with Crippen LogP contribution in [0.4, 0.5) is 28.8 Å². The van der Waals surface area contributed by atoms with Gasteiger partial charge in [0.25, 0.3) is 0 Å². The van der Waals surface area contributed by atoms with Crippen LogP contribution in [0.2, 0.25) is 5.02 Å². The molecule has 10 heteroatoms. The van der Waals surface area contributed by atoms with Gasteiger partial charge in [0.2, 0.25) is 5.95 Å². The Balaban J connectivity index is 1.55. The third-order valence-corrected chi connectivity index (χ3v) is 7.34. The van der Waals surface area contributed by atoms with Crippen molar-refractivity contribution >= 4 is 51.2 Å².